The second-order valence-corrected chi connectivity index (χ2v) is 7.97. The Bertz CT molecular complexity index is 767. The second-order valence-electron chi connectivity index (χ2n) is 4.94. The summed E-state index contributed by atoms with van der Waals surface area (Å²) in [4.78, 5) is 0.272. The molecule has 0 unspecified atom stereocenters. The van der Waals surface area contributed by atoms with Crippen LogP contribution in [0.3, 0.4) is 0 Å². The second kappa shape index (κ2) is 5.72. The minimum Gasteiger partial charge on any atom is -0.207 e. The van der Waals surface area contributed by atoms with Gasteiger partial charge in [-0.1, -0.05) is 30.3 Å². The molecule has 110 valence electrons. The summed E-state index contributed by atoms with van der Waals surface area (Å²) < 4.78 is 27.7. The van der Waals surface area contributed by atoms with Crippen molar-refractivity contribution < 1.29 is 8.42 Å². The SMILES string of the molecule is O=S(=O)(c1cc(CCl)ccc1Br)N1Cc2ccccc2C1. The Hall–Kier alpha value is -0.880. The van der Waals surface area contributed by atoms with E-state index in [1.807, 2.05) is 30.3 Å². The first-order chi connectivity index (χ1) is 10.0. The van der Waals surface area contributed by atoms with Crippen LogP contribution in [0, 0.1) is 0 Å². The molecule has 3 nitrogen and oxygen atoms in total. The third-order valence-electron chi connectivity index (χ3n) is 3.58. The zero-order valence-corrected chi connectivity index (χ0v) is 14.2. The van der Waals surface area contributed by atoms with Crippen LogP contribution in [0.4, 0.5) is 0 Å². The van der Waals surface area contributed by atoms with E-state index in [1.54, 1.807) is 12.1 Å². The largest absolute Gasteiger partial charge is 0.244 e. The van der Waals surface area contributed by atoms with Gasteiger partial charge in [0.15, 0.2) is 0 Å². The molecule has 0 radical (unpaired) electrons. The van der Waals surface area contributed by atoms with Crippen LogP contribution >= 0.6 is 27.5 Å². The minimum atomic E-state index is -3.54. The molecular formula is C15H13BrClNO2S. The molecule has 1 aliphatic heterocycles. The maximum Gasteiger partial charge on any atom is 0.244 e. The molecule has 1 aliphatic rings. The van der Waals surface area contributed by atoms with Gasteiger partial charge in [0.25, 0.3) is 0 Å². The van der Waals surface area contributed by atoms with Crippen LogP contribution in [0.15, 0.2) is 51.8 Å². The molecule has 3 rings (SSSR count). The van der Waals surface area contributed by atoms with E-state index in [0.717, 1.165) is 16.7 Å². The van der Waals surface area contributed by atoms with Crippen LogP contribution < -0.4 is 0 Å². The zero-order chi connectivity index (χ0) is 15.0. The molecule has 2 aromatic carbocycles. The summed E-state index contributed by atoms with van der Waals surface area (Å²) in [7, 11) is -3.54. The van der Waals surface area contributed by atoms with Gasteiger partial charge in [0.2, 0.25) is 10.0 Å². The van der Waals surface area contributed by atoms with Crippen LogP contribution in [0.5, 0.6) is 0 Å². The van der Waals surface area contributed by atoms with Gasteiger partial charge in [0, 0.05) is 23.4 Å². The molecule has 1 heterocycles. The third kappa shape index (κ3) is 2.75. The molecular weight excluding hydrogens is 374 g/mol. The van der Waals surface area contributed by atoms with E-state index in [-0.39, 0.29) is 10.8 Å². The maximum absolute atomic E-state index is 12.8. The summed E-state index contributed by atoms with van der Waals surface area (Å²) in [5, 5.41) is 0. The molecule has 6 heteroatoms. The van der Waals surface area contributed by atoms with Crippen LogP contribution in [0.25, 0.3) is 0 Å². The Balaban J connectivity index is 2.00. The van der Waals surface area contributed by atoms with Gasteiger partial charge in [-0.3, -0.25) is 0 Å². The molecule has 21 heavy (non-hydrogen) atoms. The molecule has 0 saturated carbocycles. The molecule has 0 saturated heterocycles. The standard InChI is InChI=1S/C15H13BrClNO2S/c16-14-6-5-11(8-17)7-15(14)21(19,20)18-9-12-3-1-2-4-13(12)10-18/h1-7H,8-10H2. The van der Waals surface area contributed by atoms with Crippen molar-refractivity contribution in [2.75, 3.05) is 0 Å². The van der Waals surface area contributed by atoms with Crippen molar-refractivity contribution >= 4 is 37.6 Å². The summed E-state index contributed by atoms with van der Waals surface area (Å²) in [5.41, 5.74) is 2.91. The van der Waals surface area contributed by atoms with Gasteiger partial charge >= 0.3 is 0 Å². The summed E-state index contributed by atoms with van der Waals surface area (Å²) in [6.07, 6.45) is 0. The van der Waals surface area contributed by atoms with Gasteiger partial charge in [0.05, 0.1) is 4.90 Å². The quantitative estimate of drug-likeness (QED) is 0.750. The number of benzene rings is 2. The summed E-state index contributed by atoms with van der Waals surface area (Å²) in [5.74, 6) is 0.288. The normalized spacial score (nSPS) is 15.1. The highest BCUT2D eigenvalue weighted by Crippen LogP contribution is 2.32. The molecule has 0 aromatic heterocycles. The number of rotatable bonds is 3. The fraction of sp³-hybridized carbons (Fsp3) is 0.200. The van der Waals surface area contributed by atoms with E-state index in [9.17, 15) is 8.42 Å². The van der Waals surface area contributed by atoms with Gasteiger partial charge in [0.1, 0.15) is 0 Å². The van der Waals surface area contributed by atoms with Gasteiger partial charge in [-0.05, 0) is 44.8 Å². The molecule has 0 fully saturated rings. The van der Waals surface area contributed by atoms with Crippen molar-refractivity contribution in [1.82, 2.24) is 4.31 Å². The average Bonchev–Trinajstić information content (AvgIpc) is 2.92. The van der Waals surface area contributed by atoms with Gasteiger partial charge in [-0.25, -0.2) is 8.42 Å². The topological polar surface area (TPSA) is 37.4 Å². The number of hydrogen-bond acceptors (Lipinski definition) is 2. The molecule has 0 spiro atoms. The Labute approximate surface area is 137 Å². The lowest BCUT2D eigenvalue weighted by Gasteiger charge is -2.17. The average molecular weight is 387 g/mol. The molecule has 0 aliphatic carbocycles. The molecule has 0 bridgehead atoms. The van der Waals surface area contributed by atoms with Crippen molar-refractivity contribution in [2.24, 2.45) is 0 Å². The van der Waals surface area contributed by atoms with Gasteiger partial charge < -0.3 is 0 Å². The highest BCUT2D eigenvalue weighted by atomic mass is 79.9. The summed E-state index contributed by atoms with van der Waals surface area (Å²) in [6, 6.07) is 13.0. The molecule has 2 aromatic rings. The lowest BCUT2D eigenvalue weighted by molar-refractivity contribution is 0.431. The number of hydrogen-bond donors (Lipinski definition) is 0. The molecule has 0 atom stereocenters. The number of alkyl halides is 1. The smallest absolute Gasteiger partial charge is 0.207 e. The molecule has 0 N–H and O–H groups in total. The van der Waals surface area contributed by atoms with Crippen LogP contribution in [-0.4, -0.2) is 12.7 Å². The fourth-order valence-corrected chi connectivity index (χ4v) is 4.98. The minimum absolute atomic E-state index is 0.272. The number of nitrogens with zero attached hydrogens (tertiary/aromatic N) is 1. The molecule has 0 amide bonds. The third-order valence-corrected chi connectivity index (χ3v) is 6.67. The highest BCUT2D eigenvalue weighted by Gasteiger charge is 2.31. The Morgan fingerprint density at radius 2 is 1.71 bits per heavy atom. The lowest BCUT2D eigenvalue weighted by Crippen LogP contribution is -2.26. The van der Waals surface area contributed by atoms with Gasteiger partial charge in [-0.2, -0.15) is 4.31 Å². The first-order valence-electron chi connectivity index (χ1n) is 6.43. The number of fused-ring (bicyclic) bond motifs is 1. The van der Waals surface area contributed by atoms with E-state index in [2.05, 4.69) is 15.9 Å². The van der Waals surface area contributed by atoms with E-state index < -0.39 is 10.0 Å². The van der Waals surface area contributed by atoms with Crippen LogP contribution in [0.1, 0.15) is 16.7 Å². The van der Waals surface area contributed by atoms with Crippen molar-refractivity contribution in [2.45, 2.75) is 23.9 Å². The van der Waals surface area contributed by atoms with Crippen molar-refractivity contribution in [3.8, 4) is 0 Å². The highest BCUT2D eigenvalue weighted by molar-refractivity contribution is 9.10. The monoisotopic (exact) mass is 385 g/mol. The zero-order valence-electron chi connectivity index (χ0n) is 11.1. The Morgan fingerprint density at radius 1 is 1.10 bits per heavy atom. The first kappa shape index (κ1) is 15.0. The Kier molecular flexibility index (Phi) is 4.10. The number of halogens is 2. The van der Waals surface area contributed by atoms with Gasteiger partial charge in [-0.15, -0.1) is 11.6 Å². The van der Waals surface area contributed by atoms with Crippen molar-refractivity contribution in [3.63, 3.8) is 0 Å². The van der Waals surface area contributed by atoms with Crippen LogP contribution in [0.2, 0.25) is 0 Å². The first-order valence-corrected chi connectivity index (χ1v) is 9.20. The van der Waals surface area contributed by atoms with Crippen molar-refractivity contribution in [3.05, 3.63) is 63.6 Å². The van der Waals surface area contributed by atoms with E-state index >= 15 is 0 Å². The summed E-state index contributed by atoms with van der Waals surface area (Å²) >= 11 is 9.14. The van der Waals surface area contributed by atoms with Crippen molar-refractivity contribution in [1.29, 1.82) is 0 Å². The van der Waals surface area contributed by atoms with E-state index in [0.29, 0.717) is 17.6 Å². The fourth-order valence-electron chi connectivity index (χ4n) is 2.44. The maximum atomic E-state index is 12.8. The van der Waals surface area contributed by atoms with Crippen LogP contribution in [-0.2, 0) is 29.0 Å². The number of sulfonamides is 1. The van der Waals surface area contributed by atoms with E-state index in [4.69, 9.17) is 11.6 Å². The summed E-state index contributed by atoms with van der Waals surface area (Å²) in [6.45, 7) is 0.825. The van der Waals surface area contributed by atoms with E-state index in [1.165, 1.54) is 4.31 Å². The predicted octanol–water partition coefficient (Wildman–Crippen LogP) is 3.89. The Morgan fingerprint density at radius 3 is 2.29 bits per heavy atom. The lowest BCUT2D eigenvalue weighted by atomic mass is 10.1. The predicted molar refractivity (Wildman–Crippen MR) is 86.6 cm³/mol.